The Morgan fingerprint density at radius 2 is 1.80 bits per heavy atom. The third kappa shape index (κ3) is 3.19. The Bertz CT molecular complexity index is 1830. The molecular formula is C30H23N3OS. The monoisotopic (exact) mass is 473 g/mol. The fourth-order valence-electron chi connectivity index (χ4n) is 5.43. The van der Waals surface area contributed by atoms with Crippen molar-refractivity contribution in [1.29, 1.82) is 0 Å². The second-order valence-electron chi connectivity index (χ2n) is 9.31. The highest BCUT2D eigenvalue weighted by Crippen LogP contribution is 2.41. The van der Waals surface area contributed by atoms with Crippen LogP contribution < -0.4 is 14.9 Å². The minimum atomic E-state index is -0.139. The van der Waals surface area contributed by atoms with Gasteiger partial charge in [0.05, 0.1) is 16.3 Å². The molecule has 7 rings (SSSR count). The molecule has 0 spiro atoms. The molecule has 5 heteroatoms. The number of nitrogens with zero attached hydrogens (tertiary/aromatic N) is 2. The first-order chi connectivity index (χ1) is 17.2. The molecule has 170 valence electrons. The van der Waals surface area contributed by atoms with E-state index < -0.39 is 0 Å². The number of nitrogens with one attached hydrogen (secondary N) is 1. The number of aromatic nitrogens is 2. The number of hydrogen-bond donors (Lipinski definition) is 1. The van der Waals surface area contributed by atoms with Crippen molar-refractivity contribution in [2.24, 2.45) is 4.99 Å². The summed E-state index contributed by atoms with van der Waals surface area (Å²) in [6.07, 6.45) is 5.85. The number of hydrogen-bond acceptors (Lipinski definition) is 3. The van der Waals surface area contributed by atoms with Crippen LogP contribution in [-0.2, 0) is 6.42 Å². The van der Waals surface area contributed by atoms with Gasteiger partial charge in [-0.05, 0) is 48.6 Å². The Labute approximate surface area is 206 Å². The second-order valence-corrected chi connectivity index (χ2v) is 10.3. The molecule has 5 aromatic rings. The van der Waals surface area contributed by atoms with Crippen LogP contribution in [0.1, 0.15) is 40.3 Å². The number of fused-ring (bicyclic) bond motifs is 4. The SMILES string of the molecule is Cc1ccc([C@@H]2C3=C(N=c4s/c(=C/c5c[nH]c6ccccc56)c(=O)n42)c2ccccc2CC3)cc1. The molecule has 2 aromatic heterocycles. The lowest BCUT2D eigenvalue weighted by atomic mass is 9.83. The van der Waals surface area contributed by atoms with Gasteiger partial charge >= 0.3 is 0 Å². The zero-order valence-electron chi connectivity index (χ0n) is 19.3. The zero-order chi connectivity index (χ0) is 23.5. The van der Waals surface area contributed by atoms with Gasteiger partial charge in [-0.25, -0.2) is 4.99 Å². The van der Waals surface area contributed by atoms with Crippen LogP contribution in [0.5, 0.6) is 0 Å². The first-order valence-corrected chi connectivity index (χ1v) is 12.7. The standard InChI is InChI=1S/C30H23N3OS/c1-18-10-12-20(13-11-18)28-24-15-14-19-6-2-3-8-23(19)27(24)32-30-33(28)29(34)26(35-30)16-21-17-31-25-9-5-4-7-22(21)25/h2-13,16-17,28,31H,14-15H2,1H3/b26-16+/t28-/m1/s1. The number of aromatic amines is 1. The Morgan fingerprint density at radius 1 is 1.00 bits per heavy atom. The maximum atomic E-state index is 13.9. The van der Waals surface area contributed by atoms with Gasteiger partial charge in [-0.2, -0.15) is 0 Å². The van der Waals surface area contributed by atoms with Gasteiger partial charge in [-0.15, -0.1) is 0 Å². The largest absolute Gasteiger partial charge is 0.361 e. The Hall–Kier alpha value is -3.96. The molecule has 0 unspecified atom stereocenters. The smallest absolute Gasteiger partial charge is 0.271 e. The molecule has 1 aliphatic carbocycles. The first-order valence-electron chi connectivity index (χ1n) is 11.9. The van der Waals surface area contributed by atoms with Gasteiger partial charge < -0.3 is 4.98 Å². The van der Waals surface area contributed by atoms with Crippen LogP contribution in [0.25, 0.3) is 22.7 Å². The summed E-state index contributed by atoms with van der Waals surface area (Å²) in [6, 6.07) is 25.2. The van der Waals surface area contributed by atoms with E-state index in [4.69, 9.17) is 4.99 Å². The van der Waals surface area contributed by atoms with E-state index in [-0.39, 0.29) is 11.6 Å². The minimum absolute atomic E-state index is 0.0232. The molecular weight excluding hydrogens is 450 g/mol. The summed E-state index contributed by atoms with van der Waals surface area (Å²) in [5, 5.41) is 1.11. The third-order valence-electron chi connectivity index (χ3n) is 7.17. The topological polar surface area (TPSA) is 50.1 Å². The molecule has 0 saturated heterocycles. The summed E-state index contributed by atoms with van der Waals surface area (Å²) in [5.74, 6) is 0. The summed E-state index contributed by atoms with van der Waals surface area (Å²) in [6.45, 7) is 2.10. The van der Waals surface area contributed by atoms with Crippen molar-refractivity contribution in [3.05, 3.63) is 132 Å². The van der Waals surface area contributed by atoms with Gasteiger partial charge in [0, 0.05) is 28.2 Å². The lowest BCUT2D eigenvalue weighted by molar-refractivity contribution is 0.585. The summed E-state index contributed by atoms with van der Waals surface area (Å²) < 4.78 is 2.63. The van der Waals surface area contributed by atoms with Gasteiger partial charge in [-0.1, -0.05) is 83.6 Å². The lowest BCUT2D eigenvalue weighted by Crippen LogP contribution is -2.38. The Balaban J connectivity index is 1.50. The van der Waals surface area contributed by atoms with Crippen LogP contribution in [0.4, 0.5) is 0 Å². The molecule has 0 fully saturated rings. The van der Waals surface area contributed by atoms with Crippen LogP contribution in [-0.4, -0.2) is 9.55 Å². The zero-order valence-corrected chi connectivity index (χ0v) is 20.1. The van der Waals surface area contributed by atoms with E-state index in [1.165, 1.54) is 33.6 Å². The Morgan fingerprint density at radius 3 is 2.69 bits per heavy atom. The maximum absolute atomic E-state index is 13.9. The highest BCUT2D eigenvalue weighted by atomic mass is 32.1. The molecule has 3 aromatic carbocycles. The molecule has 0 amide bonds. The number of rotatable bonds is 2. The molecule has 1 N–H and O–H groups in total. The van der Waals surface area contributed by atoms with Gasteiger partial charge in [-0.3, -0.25) is 9.36 Å². The molecule has 1 atom stereocenters. The molecule has 35 heavy (non-hydrogen) atoms. The predicted molar refractivity (Wildman–Crippen MR) is 142 cm³/mol. The Kier molecular flexibility index (Phi) is 4.54. The maximum Gasteiger partial charge on any atom is 0.271 e. The van der Waals surface area contributed by atoms with E-state index in [2.05, 4.69) is 72.6 Å². The van der Waals surface area contributed by atoms with E-state index in [1.807, 2.05) is 29.0 Å². The molecule has 4 nitrogen and oxygen atoms in total. The molecule has 0 bridgehead atoms. The number of H-pyrrole nitrogens is 1. The number of benzene rings is 3. The summed E-state index contributed by atoms with van der Waals surface area (Å²) >= 11 is 1.48. The van der Waals surface area contributed by atoms with Crippen molar-refractivity contribution in [2.45, 2.75) is 25.8 Å². The summed E-state index contributed by atoms with van der Waals surface area (Å²) in [4.78, 5) is 23.1. The fourth-order valence-corrected chi connectivity index (χ4v) is 6.42. The van der Waals surface area contributed by atoms with Crippen molar-refractivity contribution in [3.8, 4) is 0 Å². The third-order valence-corrected chi connectivity index (χ3v) is 8.16. The average Bonchev–Trinajstić information content (AvgIpc) is 3.44. The van der Waals surface area contributed by atoms with Gasteiger partial charge in [0.1, 0.15) is 0 Å². The molecule has 0 saturated carbocycles. The molecule has 2 aliphatic rings. The molecule has 3 heterocycles. The van der Waals surface area contributed by atoms with E-state index in [9.17, 15) is 4.79 Å². The summed E-state index contributed by atoms with van der Waals surface area (Å²) in [5.41, 5.74) is 9.26. The summed E-state index contributed by atoms with van der Waals surface area (Å²) in [7, 11) is 0. The van der Waals surface area contributed by atoms with Gasteiger partial charge in [0.15, 0.2) is 4.80 Å². The van der Waals surface area contributed by atoms with E-state index >= 15 is 0 Å². The quantitative estimate of drug-likeness (QED) is 0.381. The van der Waals surface area contributed by atoms with Gasteiger partial charge in [0.25, 0.3) is 5.56 Å². The number of aryl methyl sites for hydroxylation is 2. The van der Waals surface area contributed by atoms with E-state index in [1.54, 1.807) is 0 Å². The van der Waals surface area contributed by atoms with Crippen molar-refractivity contribution >= 4 is 34.0 Å². The second kappa shape index (κ2) is 7.79. The van der Waals surface area contributed by atoms with Crippen LogP contribution in [0.3, 0.4) is 0 Å². The van der Waals surface area contributed by atoms with Crippen molar-refractivity contribution in [3.63, 3.8) is 0 Å². The van der Waals surface area contributed by atoms with Crippen LogP contribution >= 0.6 is 11.3 Å². The lowest BCUT2D eigenvalue weighted by Gasteiger charge is -2.30. The van der Waals surface area contributed by atoms with E-state index in [0.717, 1.165) is 45.4 Å². The highest BCUT2D eigenvalue weighted by molar-refractivity contribution is 7.07. The van der Waals surface area contributed by atoms with Gasteiger partial charge in [0.2, 0.25) is 0 Å². The van der Waals surface area contributed by atoms with E-state index in [0.29, 0.717) is 4.53 Å². The normalized spacial score (nSPS) is 17.2. The minimum Gasteiger partial charge on any atom is -0.361 e. The predicted octanol–water partition coefficient (Wildman–Crippen LogP) is 5.11. The van der Waals surface area contributed by atoms with Crippen molar-refractivity contribution < 1.29 is 0 Å². The first kappa shape index (κ1) is 20.4. The highest BCUT2D eigenvalue weighted by Gasteiger charge is 2.32. The van der Waals surface area contributed by atoms with Crippen molar-refractivity contribution in [1.82, 2.24) is 9.55 Å². The van der Waals surface area contributed by atoms with Crippen LogP contribution in [0.2, 0.25) is 0 Å². The number of thiazole rings is 1. The average molecular weight is 474 g/mol. The van der Waals surface area contributed by atoms with Crippen molar-refractivity contribution in [2.75, 3.05) is 0 Å². The fraction of sp³-hybridized carbons (Fsp3) is 0.133. The van der Waals surface area contributed by atoms with Crippen LogP contribution in [0.15, 0.2) is 94.4 Å². The molecule has 1 aliphatic heterocycles. The van der Waals surface area contributed by atoms with Crippen LogP contribution in [0, 0.1) is 6.92 Å². The number of para-hydroxylation sites is 1. The molecule has 0 radical (unpaired) electrons. The number of allylic oxidation sites excluding steroid dienone is 1.